The van der Waals surface area contributed by atoms with Gasteiger partial charge in [-0.15, -0.1) is 0 Å². The first-order chi connectivity index (χ1) is 9.49. The SMILES string of the molecule is COc1ccc(Br)cc1CC(O)c1cc(F)cc(F)c1. The van der Waals surface area contributed by atoms with Gasteiger partial charge in [-0.3, -0.25) is 0 Å². The molecule has 5 heteroatoms. The molecule has 0 aliphatic rings. The first kappa shape index (κ1) is 14.9. The summed E-state index contributed by atoms with van der Waals surface area (Å²) in [6.07, 6.45) is -0.811. The molecule has 0 spiro atoms. The molecule has 0 radical (unpaired) electrons. The van der Waals surface area contributed by atoms with E-state index in [2.05, 4.69) is 15.9 Å². The van der Waals surface area contributed by atoms with Gasteiger partial charge in [-0.25, -0.2) is 8.78 Å². The third-order valence-electron chi connectivity index (χ3n) is 2.93. The van der Waals surface area contributed by atoms with Crippen molar-refractivity contribution in [3.63, 3.8) is 0 Å². The van der Waals surface area contributed by atoms with Gasteiger partial charge in [0.05, 0.1) is 13.2 Å². The highest BCUT2D eigenvalue weighted by atomic mass is 79.9. The van der Waals surface area contributed by atoms with Crippen molar-refractivity contribution in [3.8, 4) is 5.75 Å². The molecule has 2 aromatic rings. The average molecular weight is 343 g/mol. The Balaban J connectivity index is 2.27. The Labute approximate surface area is 124 Å². The third-order valence-corrected chi connectivity index (χ3v) is 3.42. The van der Waals surface area contributed by atoms with Crippen molar-refractivity contribution in [3.05, 3.63) is 63.6 Å². The van der Waals surface area contributed by atoms with E-state index in [0.29, 0.717) is 5.75 Å². The van der Waals surface area contributed by atoms with Gasteiger partial charge in [0, 0.05) is 17.0 Å². The van der Waals surface area contributed by atoms with Crippen molar-refractivity contribution in [2.75, 3.05) is 7.11 Å². The maximum Gasteiger partial charge on any atom is 0.126 e. The summed E-state index contributed by atoms with van der Waals surface area (Å²) in [4.78, 5) is 0. The smallest absolute Gasteiger partial charge is 0.126 e. The molecule has 0 saturated carbocycles. The summed E-state index contributed by atoms with van der Waals surface area (Å²) in [7, 11) is 1.53. The van der Waals surface area contributed by atoms with Crippen LogP contribution in [0.2, 0.25) is 0 Å². The molecule has 1 atom stereocenters. The normalized spacial score (nSPS) is 12.2. The van der Waals surface area contributed by atoms with Crippen LogP contribution in [0, 0.1) is 11.6 Å². The third kappa shape index (κ3) is 3.55. The summed E-state index contributed by atoms with van der Waals surface area (Å²) >= 11 is 3.34. The number of aliphatic hydroxyl groups excluding tert-OH is 1. The second-order valence-electron chi connectivity index (χ2n) is 4.38. The predicted octanol–water partition coefficient (Wildman–Crippen LogP) is 4.01. The Morgan fingerprint density at radius 2 is 1.80 bits per heavy atom. The van der Waals surface area contributed by atoms with Gasteiger partial charge in [0.2, 0.25) is 0 Å². The zero-order chi connectivity index (χ0) is 14.7. The highest BCUT2D eigenvalue weighted by molar-refractivity contribution is 9.10. The molecule has 106 valence electrons. The van der Waals surface area contributed by atoms with E-state index in [4.69, 9.17) is 4.74 Å². The van der Waals surface area contributed by atoms with Gasteiger partial charge in [0.25, 0.3) is 0 Å². The van der Waals surface area contributed by atoms with Crippen LogP contribution in [0.25, 0.3) is 0 Å². The quantitative estimate of drug-likeness (QED) is 0.909. The van der Waals surface area contributed by atoms with Crippen LogP contribution >= 0.6 is 15.9 Å². The van der Waals surface area contributed by atoms with E-state index < -0.39 is 17.7 Å². The second-order valence-corrected chi connectivity index (χ2v) is 5.29. The van der Waals surface area contributed by atoms with Crippen molar-refractivity contribution in [1.82, 2.24) is 0 Å². The molecule has 0 amide bonds. The van der Waals surface area contributed by atoms with Crippen LogP contribution in [-0.4, -0.2) is 12.2 Å². The number of halogens is 3. The number of aliphatic hydroxyl groups is 1. The molecule has 2 aromatic carbocycles. The lowest BCUT2D eigenvalue weighted by molar-refractivity contribution is 0.176. The molecule has 2 nitrogen and oxygen atoms in total. The van der Waals surface area contributed by atoms with Crippen molar-refractivity contribution in [2.24, 2.45) is 0 Å². The maximum absolute atomic E-state index is 13.2. The highest BCUT2D eigenvalue weighted by Gasteiger charge is 2.14. The van der Waals surface area contributed by atoms with Crippen LogP contribution < -0.4 is 4.74 Å². The van der Waals surface area contributed by atoms with Crippen LogP contribution in [-0.2, 0) is 6.42 Å². The molecule has 1 N–H and O–H groups in total. The lowest BCUT2D eigenvalue weighted by Crippen LogP contribution is -2.04. The van der Waals surface area contributed by atoms with E-state index in [9.17, 15) is 13.9 Å². The first-order valence-corrected chi connectivity index (χ1v) is 6.75. The lowest BCUT2D eigenvalue weighted by atomic mass is 10.0. The summed E-state index contributed by atoms with van der Waals surface area (Å²) in [6.45, 7) is 0. The number of rotatable bonds is 4. The van der Waals surface area contributed by atoms with Crippen LogP contribution in [0.15, 0.2) is 40.9 Å². The van der Waals surface area contributed by atoms with Crippen LogP contribution in [0.5, 0.6) is 5.75 Å². The Kier molecular flexibility index (Phi) is 4.73. The fraction of sp³-hybridized carbons (Fsp3) is 0.200. The minimum absolute atomic E-state index is 0.199. The molecule has 0 saturated heterocycles. The Bertz CT molecular complexity index is 597. The molecular formula is C15H13BrF2O2. The molecule has 0 aliphatic carbocycles. The van der Waals surface area contributed by atoms with E-state index in [0.717, 1.165) is 28.2 Å². The molecular weight excluding hydrogens is 330 g/mol. The largest absolute Gasteiger partial charge is 0.496 e. The van der Waals surface area contributed by atoms with Crippen LogP contribution in [0.4, 0.5) is 8.78 Å². The summed E-state index contributed by atoms with van der Waals surface area (Å²) < 4.78 is 32.4. The molecule has 1 unspecified atom stereocenters. The monoisotopic (exact) mass is 342 g/mol. The Morgan fingerprint density at radius 1 is 1.15 bits per heavy atom. The summed E-state index contributed by atoms with van der Waals surface area (Å²) in [5.74, 6) is -0.801. The van der Waals surface area contributed by atoms with Crippen LogP contribution in [0.1, 0.15) is 17.2 Å². The average Bonchev–Trinajstić information content (AvgIpc) is 2.37. The predicted molar refractivity (Wildman–Crippen MR) is 75.7 cm³/mol. The van der Waals surface area contributed by atoms with E-state index in [1.54, 1.807) is 12.1 Å². The zero-order valence-corrected chi connectivity index (χ0v) is 12.3. The molecule has 0 bridgehead atoms. The van der Waals surface area contributed by atoms with Gasteiger partial charge in [-0.05, 0) is 41.5 Å². The van der Waals surface area contributed by atoms with Gasteiger partial charge in [0.1, 0.15) is 17.4 Å². The molecule has 2 rings (SSSR count). The standard InChI is InChI=1S/C15H13BrF2O2/c1-20-15-3-2-11(16)4-10(15)7-14(19)9-5-12(17)8-13(18)6-9/h2-6,8,14,19H,7H2,1H3. The minimum atomic E-state index is -1.01. The molecule has 0 aliphatic heterocycles. The zero-order valence-electron chi connectivity index (χ0n) is 10.7. The van der Waals surface area contributed by atoms with Crippen molar-refractivity contribution in [1.29, 1.82) is 0 Å². The molecule has 0 fully saturated rings. The molecule has 0 heterocycles. The highest BCUT2D eigenvalue weighted by Crippen LogP contribution is 2.28. The number of hydrogen-bond donors (Lipinski definition) is 1. The maximum atomic E-state index is 13.2. The summed E-state index contributed by atoms with van der Waals surface area (Å²) in [5.41, 5.74) is 0.948. The van der Waals surface area contributed by atoms with Gasteiger partial charge in [-0.1, -0.05) is 15.9 Å². The van der Waals surface area contributed by atoms with Crippen molar-refractivity contribution >= 4 is 15.9 Å². The van der Waals surface area contributed by atoms with Crippen LogP contribution in [0.3, 0.4) is 0 Å². The van der Waals surface area contributed by atoms with Gasteiger partial charge in [-0.2, -0.15) is 0 Å². The summed E-state index contributed by atoms with van der Waals surface area (Å²) in [6, 6.07) is 8.40. The Morgan fingerprint density at radius 3 is 2.40 bits per heavy atom. The molecule has 0 aromatic heterocycles. The fourth-order valence-electron chi connectivity index (χ4n) is 2.00. The van der Waals surface area contributed by atoms with Gasteiger partial charge < -0.3 is 9.84 Å². The summed E-state index contributed by atoms with van der Waals surface area (Å²) in [5, 5.41) is 10.1. The number of benzene rings is 2. The first-order valence-electron chi connectivity index (χ1n) is 5.96. The van der Waals surface area contributed by atoms with Gasteiger partial charge in [0.15, 0.2) is 0 Å². The fourth-order valence-corrected chi connectivity index (χ4v) is 2.41. The Hall–Kier alpha value is -1.46. The van der Waals surface area contributed by atoms with Gasteiger partial charge >= 0.3 is 0 Å². The van der Waals surface area contributed by atoms with E-state index in [1.165, 1.54) is 7.11 Å². The van der Waals surface area contributed by atoms with Crippen molar-refractivity contribution < 1.29 is 18.6 Å². The second kappa shape index (κ2) is 6.33. The van der Waals surface area contributed by atoms with E-state index >= 15 is 0 Å². The molecule has 20 heavy (non-hydrogen) atoms. The van der Waals surface area contributed by atoms with Crippen molar-refractivity contribution in [2.45, 2.75) is 12.5 Å². The topological polar surface area (TPSA) is 29.5 Å². The lowest BCUT2D eigenvalue weighted by Gasteiger charge is -2.14. The number of methoxy groups -OCH3 is 1. The van der Waals surface area contributed by atoms with E-state index in [-0.39, 0.29) is 12.0 Å². The minimum Gasteiger partial charge on any atom is -0.496 e. The van der Waals surface area contributed by atoms with E-state index in [1.807, 2.05) is 6.07 Å². The number of hydrogen-bond acceptors (Lipinski definition) is 2. The number of ether oxygens (including phenoxy) is 1.